The number of ether oxygens (including phenoxy) is 1. The van der Waals surface area contributed by atoms with Gasteiger partial charge in [-0.2, -0.15) is 0 Å². The molecule has 1 aliphatic heterocycles. The molecule has 0 aromatic heterocycles. The summed E-state index contributed by atoms with van der Waals surface area (Å²) in [5.41, 5.74) is 1.79. The summed E-state index contributed by atoms with van der Waals surface area (Å²) in [4.78, 5) is 0.0993. The van der Waals surface area contributed by atoms with E-state index >= 15 is 0 Å². The molecule has 0 unspecified atom stereocenters. The first kappa shape index (κ1) is 10.5. The Kier molecular flexibility index (Phi) is 2.48. The fraction of sp³-hybridized carbons (Fsp3) is 0.200. The van der Waals surface area contributed by atoms with E-state index in [-0.39, 0.29) is 11.5 Å². The lowest BCUT2D eigenvalue weighted by Gasteiger charge is -2.16. The van der Waals surface area contributed by atoms with Crippen molar-refractivity contribution in [3.05, 3.63) is 34.2 Å². The fourth-order valence-corrected chi connectivity index (χ4v) is 2.15. The van der Waals surface area contributed by atoms with Gasteiger partial charge >= 0.3 is 0 Å². The van der Waals surface area contributed by atoms with Gasteiger partial charge in [-0.15, -0.1) is 0 Å². The highest BCUT2D eigenvalue weighted by atomic mass is 35.7. The highest BCUT2D eigenvalue weighted by Crippen LogP contribution is 2.29. The molecule has 5 heteroatoms. The molecule has 0 amide bonds. The van der Waals surface area contributed by atoms with E-state index in [0.29, 0.717) is 5.75 Å². The number of benzene rings is 1. The van der Waals surface area contributed by atoms with Gasteiger partial charge in [-0.3, -0.25) is 0 Å². The third kappa shape index (κ3) is 2.16. The molecule has 15 heavy (non-hydrogen) atoms. The van der Waals surface area contributed by atoms with E-state index in [4.69, 9.17) is 15.4 Å². The summed E-state index contributed by atoms with van der Waals surface area (Å²) >= 11 is 0. The number of aryl methyl sites for hydroxylation is 1. The van der Waals surface area contributed by atoms with Gasteiger partial charge < -0.3 is 4.74 Å². The van der Waals surface area contributed by atoms with Crippen molar-refractivity contribution in [3.63, 3.8) is 0 Å². The Labute approximate surface area is 92.7 Å². The van der Waals surface area contributed by atoms with E-state index in [2.05, 4.69) is 0 Å². The monoisotopic (exact) mass is 244 g/mol. The Bertz CT molecular complexity index is 532. The van der Waals surface area contributed by atoms with Crippen LogP contribution in [-0.4, -0.2) is 15.0 Å². The zero-order valence-corrected chi connectivity index (χ0v) is 9.60. The van der Waals surface area contributed by atoms with Gasteiger partial charge in [0.25, 0.3) is 9.05 Å². The van der Waals surface area contributed by atoms with Gasteiger partial charge in [0.05, 0.1) is 4.91 Å². The van der Waals surface area contributed by atoms with Gasteiger partial charge in [0.2, 0.25) is 0 Å². The molecule has 3 nitrogen and oxygen atoms in total. The van der Waals surface area contributed by atoms with Gasteiger partial charge in [-0.05, 0) is 25.1 Å². The Hall–Kier alpha value is -1.00. The Morgan fingerprint density at radius 3 is 2.80 bits per heavy atom. The van der Waals surface area contributed by atoms with Crippen LogP contribution in [0.5, 0.6) is 5.75 Å². The van der Waals surface area contributed by atoms with Crippen LogP contribution in [0.15, 0.2) is 23.1 Å². The second-order valence-corrected chi connectivity index (χ2v) is 6.00. The Morgan fingerprint density at radius 1 is 1.40 bits per heavy atom. The summed E-state index contributed by atoms with van der Waals surface area (Å²) in [6, 6.07) is 5.59. The maximum atomic E-state index is 11.1. The van der Waals surface area contributed by atoms with Crippen LogP contribution >= 0.6 is 10.7 Å². The fourth-order valence-electron chi connectivity index (χ4n) is 1.42. The van der Waals surface area contributed by atoms with Crippen molar-refractivity contribution in [1.29, 1.82) is 0 Å². The van der Waals surface area contributed by atoms with Crippen LogP contribution in [-0.2, 0) is 9.05 Å². The first-order valence-electron chi connectivity index (χ1n) is 4.35. The van der Waals surface area contributed by atoms with Crippen molar-refractivity contribution < 1.29 is 13.2 Å². The number of rotatable bonds is 1. The average molecular weight is 245 g/mol. The van der Waals surface area contributed by atoms with Crippen molar-refractivity contribution in [3.8, 4) is 5.75 Å². The van der Waals surface area contributed by atoms with E-state index in [1.165, 1.54) is 0 Å². The zero-order chi connectivity index (χ0) is 11.1. The second kappa shape index (κ2) is 3.54. The quantitative estimate of drug-likeness (QED) is 0.712. The molecule has 80 valence electrons. The van der Waals surface area contributed by atoms with Crippen molar-refractivity contribution in [2.45, 2.75) is 6.92 Å². The van der Waals surface area contributed by atoms with Crippen LogP contribution < -0.4 is 4.74 Å². The summed E-state index contributed by atoms with van der Waals surface area (Å²) < 4.78 is 27.5. The predicted molar refractivity (Wildman–Crippen MR) is 59.4 cm³/mol. The average Bonchev–Trinajstić information content (AvgIpc) is 2.15. The molecule has 0 saturated carbocycles. The van der Waals surface area contributed by atoms with E-state index in [9.17, 15) is 8.42 Å². The molecule has 0 atom stereocenters. The summed E-state index contributed by atoms with van der Waals surface area (Å²) in [7, 11) is 1.57. The third-order valence-corrected chi connectivity index (χ3v) is 3.62. The predicted octanol–water partition coefficient (Wildman–Crippen LogP) is 2.30. The van der Waals surface area contributed by atoms with Crippen LogP contribution in [0.2, 0.25) is 0 Å². The van der Waals surface area contributed by atoms with Crippen molar-refractivity contribution in [1.82, 2.24) is 0 Å². The number of hydrogen-bond acceptors (Lipinski definition) is 3. The van der Waals surface area contributed by atoms with Crippen molar-refractivity contribution in [2.24, 2.45) is 0 Å². The molecule has 1 heterocycles. The molecule has 1 aromatic carbocycles. The Morgan fingerprint density at radius 2 is 2.13 bits per heavy atom. The second-order valence-electron chi connectivity index (χ2n) is 3.38. The summed E-state index contributed by atoms with van der Waals surface area (Å²) in [6.07, 6.45) is 1.55. The summed E-state index contributed by atoms with van der Waals surface area (Å²) in [5.74, 6) is 0.685. The molecule has 0 aliphatic carbocycles. The maximum absolute atomic E-state index is 11.1. The molecule has 2 rings (SSSR count). The van der Waals surface area contributed by atoms with Crippen LogP contribution in [0.1, 0.15) is 11.1 Å². The lowest BCUT2D eigenvalue weighted by atomic mass is 10.1. The SMILES string of the molecule is Cc1ccc2c(c1)C=C(S(=O)(=O)Cl)CO2. The normalized spacial score (nSPS) is 15.2. The lowest BCUT2D eigenvalue weighted by molar-refractivity contribution is 0.354. The number of fused-ring (bicyclic) bond motifs is 1. The van der Waals surface area contributed by atoms with Crippen LogP contribution in [0.25, 0.3) is 6.08 Å². The molecule has 1 aromatic rings. The van der Waals surface area contributed by atoms with E-state index in [0.717, 1.165) is 11.1 Å². The first-order chi connectivity index (χ1) is 6.97. The molecule has 0 bridgehead atoms. The highest BCUT2D eigenvalue weighted by molar-refractivity contribution is 8.17. The van der Waals surface area contributed by atoms with Crippen LogP contribution in [0, 0.1) is 6.92 Å². The molecular weight excluding hydrogens is 236 g/mol. The van der Waals surface area contributed by atoms with Gasteiger partial charge in [0.15, 0.2) is 0 Å². The third-order valence-electron chi connectivity index (χ3n) is 2.16. The summed E-state index contributed by atoms with van der Waals surface area (Å²) in [5, 5.41) is 0. The van der Waals surface area contributed by atoms with E-state index in [1.54, 1.807) is 6.08 Å². The topological polar surface area (TPSA) is 43.4 Å². The molecule has 0 radical (unpaired) electrons. The minimum atomic E-state index is -3.67. The van der Waals surface area contributed by atoms with Crippen LogP contribution in [0.3, 0.4) is 0 Å². The Balaban J connectivity index is 2.54. The zero-order valence-electron chi connectivity index (χ0n) is 8.03. The molecule has 0 N–H and O–H groups in total. The van der Waals surface area contributed by atoms with Crippen molar-refractivity contribution in [2.75, 3.05) is 6.61 Å². The molecule has 0 saturated heterocycles. The molecule has 0 spiro atoms. The standard InChI is InChI=1S/C10H9ClO3S/c1-7-2-3-10-8(4-7)5-9(6-14-10)15(11,12)13/h2-5H,6H2,1H3. The minimum Gasteiger partial charge on any atom is -0.488 e. The van der Waals surface area contributed by atoms with Crippen LogP contribution in [0.4, 0.5) is 0 Å². The maximum Gasteiger partial charge on any atom is 0.260 e. The highest BCUT2D eigenvalue weighted by Gasteiger charge is 2.20. The first-order valence-corrected chi connectivity index (χ1v) is 6.66. The molecule has 1 aliphatic rings. The smallest absolute Gasteiger partial charge is 0.260 e. The van der Waals surface area contributed by atoms with Gasteiger partial charge in [-0.1, -0.05) is 11.6 Å². The van der Waals surface area contributed by atoms with E-state index < -0.39 is 9.05 Å². The van der Waals surface area contributed by atoms with Gasteiger partial charge in [0, 0.05) is 16.2 Å². The van der Waals surface area contributed by atoms with Crippen molar-refractivity contribution >= 4 is 25.8 Å². The van der Waals surface area contributed by atoms with E-state index in [1.807, 2.05) is 25.1 Å². The number of halogens is 1. The molecule has 0 fully saturated rings. The van der Waals surface area contributed by atoms with Gasteiger partial charge in [0.1, 0.15) is 12.4 Å². The number of hydrogen-bond donors (Lipinski definition) is 0. The molecular formula is C10H9ClO3S. The largest absolute Gasteiger partial charge is 0.488 e. The lowest BCUT2D eigenvalue weighted by Crippen LogP contribution is -2.11. The minimum absolute atomic E-state index is 0.00188. The van der Waals surface area contributed by atoms with Gasteiger partial charge in [-0.25, -0.2) is 8.42 Å². The summed E-state index contributed by atoms with van der Waals surface area (Å²) in [6.45, 7) is 1.93.